The Hall–Kier alpha value is -2.02. The topological polar surface area (TPSA) is 32.3 Å². The van der Waals surface area contributed by atoms with Crippen molar-refractivity contribution in [2.24, 2.45) is 0 Å². The van der Waals surface area contributed by atoms with Gasteiger partial charge in [0.2, 0.25) is 0 Å². The molecule has 1 amide bonds. The summed E-state index contributed by atoms with van der Waals surface area (Å²) < 4.78 is 1.49. The second-order valence-corrected chi connectivity index (χ2v) is 11.9. The number of carbonyl (C=O) groups is 1. The minimum Gasteiger partial charge on any atom is -0.356 e. The molecule has 3 aliphatic heterocycles. The van der Waals surface area contributed by atoms with Gasteiger partial charge in [-0.05, 0) is 47.6 Å². The van der Waals surface area contributed by atoms with Gasteiger partial charge in [0.15, 0.2) is 5.50 Å². The quantitative estimate of drug-likeness (QED) is 0.510. The molecular weight excluding hydrogens is 453 g/mol. The number of carbonyl (C=O) groups excluding carboxylic acids is 1. The molecule has 0 bridgehead atoms. The SMILES string of the molecule is O=C1/C(=C/c2ccccc2)S[C@H]2NC3=C(CCCC3=C3SCCS3)[C@H](c3ccccc3)N12. The molecule has 0 unspecified atom stereocenters. The Bertz CT molecular complexity index is 1130. The lowest BCUT2D eigenvalue weighted by Gasteiger charge is -2.43. The van der Waals surface area contributed by atoms with Crippen LogP contribution in [0, 0.1) is 0 Å². The van der Waals surface area contributed by atoms with Crippen molar-refractivity contribution >= 4 is 47.3 Å². The van der Waals surface area contributed by atoms with E-state index in [1.165, 1.54) is 38.1 Å². The van der Waals surface area contributed by atoms with Crippen molar-refractivity contribution in [3.8, 4) is 0 Å². The fourth-order valence-electron chi connectivity index (χ4n) is 4.94. The molecule has 3 nitrogen and oxygen atoms in total. The van der Waals surface area contributed by atoms with Crippen LogP contribution in [0.15, 0.2) is 86.6 Å². The third kappa shape index (κ3) is 3.62. The molecule has 2 aromatic rings. The molecule has 2 saturated heterocycles. The summed E-state index contributed by atoms with van der Waals surface area (Å²) in [6.45, 7) is 0. The smallest absolute Gasteiger partial charge is 0.263 e. The highest BCUT2D eigenvalue weighted by Crippen LogP contribution is 2.52. The molecule has 1 aliphatic carbocycles. The number of rotatable bonds is 2. The molecular formula is C26H24N2OS3. The van der Waals surface area contributed by atoms with Crippen molar-refractivity contribution in [2.75, 3.05) is 11.5 Å². The van der Waals surface area contributed by atoms with Crippen molar-refractivity contribution in [3.05, 3.63) is 97.8 Å². The van der Waals surface area contributed by atoms with E-state index >= 15 is 0 Å². The van der Waals surface area contributed by atoms with E-state index < -0.39 is 0 Å². The van der Waals surface area contributed by atoms with Crippen molar-refractivity contribution < 1.29 is 4.79 Å². The van der Waals surface area contributed by atoms with E-state index in [2.05, 4.69) is 52.7 Å². The normalized spacial score (nSPS) is 26.4. The van der Waals surface area contributed by atoms with Gasteiger partial charge < -0.3 is 5.32 Å². The van der Waals surface area contributed by atoms with Crippen LogP contribution in [0.5, 0.6) is 0 Å². The Morgan fingerprint density at radius 3 is 2.41 bits per heavy atom. The molecule has 2 fully saturated rings. The molecule has 0 radical (unpaired) electrons. The molecule has 2 atom stereocenters. The predicted molar refractivity (Wildman–Crippen MR) is 138 cm³/mol. The maximum Gasteiger partial charge on any atom is 0.263 e. The van der Waals surface area contributed by atoms with Gasteiger partial charge in [0.1, 0.15) is 0 Å². The number of allylic oxidation sites excluding steroid dienone is 1. The van der Waals surface area contributed by atoms with Gasteiger partial charge in [-0.25, -0.2) is 0 Å². The summed E-state index contributed by atoms with van der Waals surface area (Å²) in [4.78, 5) is 16.6. The summed E-state index contributed by atoms with van der Waals surface area (Å²) in [7, 11) is 0. The molecule has 0 aromatic heterocycles. The largest absolute Gasteiger partial charge is 0.356 e. The van der Waals surface area contributed by atoms with Gasteiger partial charge in [-0.2, -0.15) is 0 Å². The molecule has 6 rings (SSSR count). The molecule has 2 aromatic carbocycles. The number of nitrogens with zero attached hydrogens (tertiary/aromatic N) is 1. The summed E-state index contributed by atoms with van der Waals surface area (Å²) in [6.07, 6.45) is 5.35. The van der Waals surface area contributed by atoms with E-state index in [0.29, 0.717) is 0 Å². The number of amides is 1. The Morgan fingerprint density at radius 1 is 0.938 bits per heavy atom. The van der Waals surface area contributed by atoms with Crippen LogP contribution in [0.1, 0.15) is 36.4 Å². The Labute approximate surface area is 201 Å². The van der Waals surface area contributed by atoms with Crippen LogP contribution in [-0.4, -0.2) is 27.8 Å². The van der Waals surface area contributed by atoms with Gasteiger partial charge in [-0.1, -0.05) is 72.4 Å². The number of fused-ring (bicyclic) bond motifs is 1. The van der Waals surface area contributed by atoms with E-state index in [9.17, 15) is 4.79 Å². The van der Waals surface area contributed by atoms with Gasteiger partial charge >= 0.3 is 0 Å². The van der Waals surface area contributed by atoms with Crippen molar-refractivity contribution in [1.29, 1.82) is 0 Å². The second-order valence-electron chi connectivity index (χ2n) is 8.28. The maximum atomic E-state index is 13.7. The number of nitrogens with one attached hydrogen (secondary N) is 1. The van der Waals surface area contributed by atoms with Gasteiger partial charge in [0.05, 0.1) is 10.9 Å². The lowest BCUT2D eigenvalue weighted by molar-refractivity contribution is -0.128. The van der Waals surface area contributed by atoms with Crippen LogP contribution in [0.25, 0.3) is 6.08 Å². The minimum atomic E-state index is -0.0773. The maximum absolute atomic E-state index is 13.7. The lowest BCUT2D eigenvalue weighted by atomic mass is 9.83. The van der Waals surface area contributed by atoms with Crippen molar-refractivity contribution in [2.45, 2.75) is 30.8 Å². The van der Waals surface area contributed by atoms with Crippen LogP contribution >= 0.6 is 35.3 Å². The van der Waals surface area contributed by atoms with Gasteiger partial charge in [-0.3, -0.25) is 9.69 Å². The fraction of sp³-hybridized carbons (Fsp3) is 0.269. The first kappa shape index (κ1) is 20.6. The molecule has 4 aliphatic rings. The van der Waals surface area contributed by atoms with E-state index in [0.717, 1.165) is 29.7 Å². The van der Waals surface area contributed by atoms with Crippen LogP contribution in [0.4, 0.5) is 0 Å². The zero-order valence-corrected chi connectivity index (χ0v) is 20.1. The van der Waals surface area contributed by atoms with E-state index in [4.69, 9.17) is 0 Å². The molecule has 3 heterocycles. The average Bonchev–Trinajstić information content (AvgIpc) is 3.47. The zero-order valence-electron chi connectivity index (χ0n) is 17.6. The van der Waals surface area contributed by atoms with Gasteiger partial charge in [0.25, 0.3) is 5.91 Å². The highest BCUT2D eigenvalue weighted by atomic mass is 32.2. The van der Waals surface area contributed by atoms with Crippen LogP contribution in [0.3, 0.4) is 0 Å². The Balaban J connectivity index is 1.46. The second kappa shape index (κ2) is 8.73. The highest BCUT2D eigenvalue weighted by Gasteiger charge is 2.47. The minimum absolute atomic E-state index is 0.00794. The first-order valence-electron chi connectivity index (χ1n) is 11.1. The molecule has 1 N–H and O–H groups in total. The van der Waals surface area contributed by atoms with Crippen molar-refractivity contribution in [3.63, 3.8) is 0 Å². The monoisotopic (exact) mass is 476 g/mol. The van der Waals surface area contributed by atoms with Gasteiger partial charge in [0, 0.05) is 21.4 Å². The van der Waals surface area contributed by atoms with E-state index in [1.807, 2.05) is 47.8 Å². The average molecular weight is 477 g/mol. The zero-order chi connectivity index (χ0) is 21.5. The molecule has 32 heavy (non-hydrogen) atoms. The van der Waals surface area contributed by atoms with Crippen molar-refractivity contribution in [1.82, 2.24) is 10.2 Å². The summed E-state index contributed by atoms with van der Waals surface area (Å²) in [5, 5.41) is 3.81. The predicted octanol–water partition coefficient (Wildman–Crippen LogP) is 6.36. The van der Waals surface area contributed by atoms with Crippen LogP contribution in [0.2, 0.25) is 0 Å². The molecule has 0 spiro atoms. The number of hydrogen-bond acceptors (Lipinski definition) is 5. The third-order valence-corrected chi connectivity index (χ3v) is 10.2. The Morgan fingerprint density at radius 2 is 1.66 bits per heavy atom. The number of thioether (sulfide) groups is 3. The number of benzene rings is 2. The third-order valence-electron chi connectivity index (χ3n) is 6.32. The first-order valence-corrected chi connectivity index (χ1v) is 13.9. The van der Waals surface area contributed by atoms with E-state index in [-0.39, 0.29) is 17.4 Å². The highest BCUT2D eigenvalue weighted by molar-refractivity contribution is 8.25. The van der Waals surface area contributed by atoms with Crippen LogP contribution < -0.4 is 5.32 Å². The van der Waals surface area contributed by atoms with Gasteiger partial charge in [-0.15, -0.1) is 23.5 Å². The summed E-state index contributed by atoms with van der Waals surface area (Å²) in [5.74, 6) is 2.52. The molecule has 162 valence electrons. The fourth-order valence-corrected chi connectivity index (χ4v) is 8.73. The van der Waals surface area contributed by atoms with E-state index in [1.54, 1.807) is 11.8 Å². The molecule has 0 saturated carbocycles. The molecule has 6 heteroatoms. The standard InChI is InChI=1S/C26H24N2OS3/c29-24-21(16-17-8-3-1-4-9-17)32-26-27-22-19(12-7-13-20(22)25-30-14-15-31-25)23(28(24)26)18-10-5-2-6-11-18/h1-6,8-11,16,23,26-27H,7,12-15H2/b21-16-/t23-,26-/m0/s1. The Kier molecular flexibility index (Phi) is 5.61. The summed E-state index contributed by atoms with van der Waals surface area (Å²) >= 11 is 5.65. The van der Waals surface area contributed by atoms with Crippen LogP contribution in [-0.2, 0) is 4.79 Å². The summed E-state index contributed by atoms with van der Waals surface area (Å²) in [6, 6.07) is 20.7. The first-order chi connectivity index (χ1) is 15.8. The summed E-state index contributed by atoms with van der Waals surface area (Å²) in [5.41, 5.74) is 6.37. The number of hydrogen-bond donors (Lipinski definition) is 1. The lowest BCUT2D eigenvalue weighted by Crippen LogP contribution is -2.49.